The van der Waals surface area contributed by atoms with Crippen LogP contribution in [-0.2, 0) is 14.4 Å². The van der Waals surface area contributed by atoms with E-state index in [1.54, 1.807) is 0 Å². The predicted octanol–water partition coefficient (Wildman–Crippen LogP) is -1.19. The van der Waals surface area contributed by atoms with E-state index in [2.05, 4.69) is 10.1 Å². The van der Waals surface area contributed by atoms with Crippen molar-refractivity contribution in [3.05, 3.63) is 0 Å². The number of methoxy groups -OCH3 is 1. The lowest BCUT2D eigenvalue weighted by molar-refractivity contribution is -0.896. The zero-order chi connectivity index (χ0) is 8.06. The van der Waals surface area contributed by atoms with Crippen LogP contribution in [-0.4, -0.2) is 43.7 Å². The van der Waals surface area contributed by atoms with Gasteiger partial charge in [-0.05, 0) is 0 Å². The van der Waals surface area contributed by atoms with Crippen LogP contribution in [0.5, 0.6) is 0 Å². The highest BCUT2D eigenvalue weighted by Crippen LogP contribution is 2.34. The Morgan fingerprint density at radius 1 is 1.82 bits per heavy atom. The van der Waals surface area contributed by atoms with Crippen molar-refractivity contribution >= 4 is 5.97 Å². The first-order chi connectivity index (χ1) is 5.15. The van der Waals surface area contributed by atoms with Gasteiger partial charge in [-0.25, -0.2) is 5.32 Å². The number of nitrogens with zero attached hydrogens (tertiary/aromatic N) is 1. The first kappa shape index (κ1) is 7.02. The van der Waals surface area contributed by atoms with Gasteiger partial charge in [-0.15, -0.1) is 9.48 Å². The Morgan fingerprint density at radius 3 is 3.00 bits per heavy atom. The van der Waals surface area contributed by atoms with Crippen molar-refractivity contribution in [1.29, 1.82) is 0 Å². The number of nitrogens with one attached hydrogen (secondary N) is 1. The molecule has 0 bridgehead atoms. The molecule has 0 aromatic carbocycles. The topological polar surface area (TPSA) is 50.9 Å². The summed E-state index contributed by atoms with van der Waals surface area (Å²) < 4.78 is 5.08. The number of quaternary nitrogens is 1. The normalized spacial score (nSPS) is 46.7. The summed E-state index contributed by atoms with van der Waals surface area (Å²) >= 11 is 0. The number of hydroxylamine groups is 3. The molecular weight excluding hydrogens is 148 g/mol. The molecule has 11 heavy (non-hydrogen) atoms. The van der Waals surface area contributed by atoms with Crippen LogP contribution in [0.25, 0.3) is 0 Å². The lowest BCUT2D eigenvalue weighted by Gasteiger charge is -2.06. The van der Waals surface area contributed by atoms with Crippen LogP contribution in [0.4, 0.5) is 0 Å². The first-order valence-corrected chi connectivity index (χ1v) is 3.53. The highest BCUT2D eigenvalue weighted by Gasteiger charge is 2.65. The van der Waals surface area contributed by atoms with Crippen molar-refractivity contribution < 1.29 is 19.0 Å². The third kappa shape index (κ3) is 0.926. The molecule has 3 unspecified atom stereocenters. The Hall–Kier alpha value is -0.650. The van der Waals surface area contributed by atoms with Gasteiger partial charge < -0.3 is 4.74 Å². The largest absolute Gasteiger partial charge is 0.468 e. The van der Waals surface area contributed by atoms with E-state index in [0.29, 0.717) is 11.2 Å². The molecule has 1 N–H and O–H groups in total. The quantitative estimate of drug-likeness (QED) is 0.297. The van der Waals surface area contributed by atoms with E-state index in [0.717, 1.165) is 0 Å². The average Bonchev–Trinajstić information content (AvgIpc) is 2.49. The van der Waals surface area contributed by atoms with Crippen LogP contribution < -0.4 is 5.32 Å². The number of esters is 1. The maximum absolute atomic E-state index is 11.0. The zero-order valence-electron chi connectivity index (χ0n) is 6.53. The van der Waals surface area contributed by atoms with Gasteiger partial charge in [0, 0.05) is 0 Å². The van der Waals surface area contributed by atoms with Crippen LogP contribution in [0, 0.1) is 0 Å². The molecular formula is C6H11N2O3+. The summed E-state index contributed by atoms with van der Waals surface area (Å²) in [5.74, 6) is -0.208. The third-order valence-corrected chi connectivity index (χ3v) is 2.17. The minimum atomic E-state index is -0.208. The standard InChI is InChI=1S/C6H11N2O3/c1-8-3-4(5(9)10-2)7-6(8)11-8/h4,6-7H,3H2,1-2H3/q+1. The van der Waals surface area contributed by atoms with Gasteiger partial charge in [0.15, 0.2) is 6.04 Å². The molecule has 0 aliphatic carbocycles. The highest BCUT2D eigenvalue weighted by molar-refractivity contribution is 5.76. The number of carbonyl (C=O) groups is 1. The van der Waals surface area contributed by atoms with E-state index < -0.39 is 0 Å². The zero-order valence-corrected chi connectivity index (χ0v) is 6.53. The molecule has 62 valence electrons. The van der Waals surface area contributed by atoms with Gasteiger partial charge in [0.05, 0.1) is 7.11 Å². The second kappa shape index (κ2) is 1.94. The van der Waals surface area contributed by atoms with Crippen molar-refractivity contribution in [3.63, 3.8) is 0 Å². The van der Waals surface area contributed by atoms with Gasteiger partial charge >= 0.3 is 12.3 Å². The first-order valence-electron chi connectivity index (χ1n) is 3.53. The Balaban J connectivity index is 1.97. The molecule has 5 heteroatoms. The smallest absolute Gasteiger partial charge is 0.333 e. The van der Waals surface area contributed by atoms with E-state index in [-0.39, 0.29) is 18.4 Å². The molecule has 2 fully saturated rings. The van der Waals surface area contributed by atoms with Gasteiger partial charge in [0.2, 0.25) is 0 Å². The lowest BCUT2D eigenvalue weighted by atomic mass is 10.3. The van der Waals surface area contributed by atoms with Gasteiger partial charge in [0.1, 0.15) is 13.6 Å². The fourth-order valence-electron chi connectivity index (χ4n) is 1.40. The maximum Gasteiger partial charge on any atom is 0.333 e. The van der Waals surface area contributed by atoms with Gasteiger partial charge in [-0.1, -0.05) is 0 Å². The van der Waals surface area contributed by atoms with E-state index in [9.17, 15) is 4.79 Å². The Kier molecular flexibility index (Phi) is 1.24. The van der Waals surface area contributed by atoms with Crippen LogP contribution >= 0.6 is 0 Å². The molecule has 0 aromatic rings. The Labute approximate surface area is 64.4 Å². The Morgan fingerprint density at radius 2 is 2.55 bits per heavy atom. The second-order valence-electron chi connectivity index (χ2n) is 3.06. The summed E-state index contributed by atoms with van der Waals surface area (Å²) in [5, 5.41) is 2.99. The summed E-state index contributed by atoms with van der Waals surface area (Å²) in [4.78, 5) is 16.2. The number of ether oxygens (including phenoxy) is 1. The van der Waals surface area contributed by atoms with E-state index >= 15 is 0 Å². The SMILES string of the molecule is COC(=O)C1C[N+]2(C)OC2N1. The molecule has 2 aliphatic heterocycles. The molecule has 0 saturated carbocycles. The highest BCUT2D eigenvalue weighted by atomic mass is 16.9. The molecule has 3 atom stereocenters. The molecule has 2 heterocycles. The number of rotatable bonds is 1. The number of carbonyl (C=O) groups excluding carboxylic acids is 1. The molecule has 2 aliphatic rings. The van der Waals surface area contributed by atoms with E-state index in [1.807, 2.05) is 7.05 Å². The fourth-order valence-corrected chi connectivity index (χ4v) is 1.40. The van der Waals surface area contributed by atoms with Crippen molar-refractivity contribution in [2.45, 2.75) is 12.4 Å². The van der Waals surface area contributed by atoms with Crippen molar-refractivity contribution in [3.8, 4) is 0 Å². The van der Waals surface area contributed by atoms with Crippen LogP contribution in [0.1, 0.15) is 0 Å². The molecule has 5 nitrogen and oxygen atoms in total. The maximum atomic E-state index is 11.0. The summed E-state index contributed by atoms with van der Waals surface area (Å²) in [6.07, 6.45) is 0.0131. The lowest BCUT2D eigenvalue weighted by Crippen LogP contribution is -2.38. The van der Waals surface area contributed by atoms with Crippen LogP contribution in [0.2, 0.25) is 0 Å². The van der Waals surface area contributed by atoms with Gasteiger partial charge in [-0.2, -0.15) is 0 Å². The van der Waals surface area contributed by atoms with Gasteiger partial charge in [-0.3, -0.25) is 4.79 Å². The van der Waals surface area contributed by atoms with Crippen LogP contribution in [0.15, 0.2) is 0 Å². The van der Waals surface area contributed by atoms with E-state index in [4.69, 9.17) is 4.84 Å². The number of fused-ring (bicyclic) bond motifs is 1. The summed E-state index contributed by atoms with van der Waals surface area (Å²) in [6.45, 7) is 0.664. The number of hydrogen-bond acceptors (Lipinski definition) is 4. The molecule has 0 aromatic heterocycles. The second-order valence-corrected chi connectivity index (χ2v) is 3.06. The van der Waals surface area contributed by atoms with Crippen molar-refractivity contribution in [2.24, 2.45) is 0 Å². The monoisotopic (exact) mass is 159 g/mol. The minimum Gasteiger partial charge on any atom is -0.468 e. The number of hydrogen-bond donors (Lipinski definition) is 1. The van der Waals surface area contributed by atoms with Gasteiger partial charge in [0.25, 0.3) is 0 Å². The minimum absolute atomic E-state index is 0.0131. The van der Waals surface area contributed by atoms with E-state index in [1.165, 1.54) is 7.11 Å². The third-order valence-electron chi connectivity index (χ3n) is 2.17. The molecule has 2 saturated heterocycles. The predicted molar refractivity (Wildman–Crippen MR) is 34.9 cm³/mol. The number of likely N-dealkylation sites (N-methyl/N-ethyl adjacent to an activating group) is 1. The fraction of sp³-hybridized carbons (Fsp3) is 0.833. The molecule has 0 radical (unpaired) electrons. The molecule has 0 amide bonds. The molecule has 2 rings (SSSR count). The molecule has 0 spiro atoms. The Bertz CT molecular complexity index is 208. The summed E-state index contributed by atoms with van der Waals surface area (Å²) in [6, 6.07) is -0.191. The van der Waals surface area contributed by atoms with Crippen molar-refractivity contribution in [1.82, 2.24) is 5.32 Å². The average molecular weight is 159 g/mol. The summed E-state index contributed by atoms with van der Waals surface area (Å²) in [7, 11) is 3.32. The summed E-state index contributed by atoms with van der Waals surface area (Å²) in [5.41, 5.74) is 0. The van der Waals surface area contributed by atoms with Crippen LogP contribution in [0.3, 0.4) is 0 Å². The van der Waals surface area contributed by atoms with Crippen molar-refractivity contribution in [2.75, 3.05) is 20.7 Å².